The number of thioether (sulfide) groups is 1. The normalized spacial score (nSPS) is 22.4. The number of phenols is 2. The molecule has 10 N–H and O–H groups in total. The maximum absolute atomic E-state index is 14.1. The predicted molar refractivity (Wildman–Crippen MR) is 220 cm³/mol. The van der Waals surface area contributed by atoms with Gasteiger partial charge in [-0.2, -0.15) is 11.8 Å². The zero-order chi connectivity index (χ0) is 44.5. The lowest BCUT2D eigenvalue weighted by Crippen LogP contribution is -2.62. The Kier molecular flexibility index (Phi) is 15.4. The van der Waals surface area contributed by atoms with Gasteiger partial charge in [0.15, 0.2) is 0 Å². The number of likely N-dealkylation sites (N-methyl/N-ethyl adjacent to an activating group) is 1. The van der Waals surface area contributed by atoms with Crippen molar-refractivity contribution in [1.29, 1.82) is 0 Å². The largest absolute Gasteiger partial charge is 0.508 e. The number of aliphatic hydroxyl groups is 1. The van der Waals surface area contributed by atoms with Gasteiger partial charge in [0.1, 0.15) is 41.5 Å². The zero-order valence-corrected chi connectivity index (χ0v) is 34.9. The number of ether oxygens (including phenoxy) is 1. The molecule has 330 valence electrons. The third-order valence-corrected chi connectivity index (χ3v) is 11.4. The first-order valence-corrected chi connectivity index (χ1v) is 21.0. The van der Waals surface area contributed by atoms with Crippen LogP contribution in [0.3, 0.4) is 0 Å². The molecule has 0 radical (unpaired) electrons. The number of aliphatic hydroxyl groups excluding tert-OH is 1. The number of carbonyl (C=O) groups excluding carboxylic acids is 6. The number of carbonyl (C=O) groups is 7. The maximum Gasteiger partial charge on any atom is 0.327 e. The Morgan fingerprint density at radius 3 is 2.43 bits per heavy atom. The number of amides is 8. The monoisotopic (exact) mass is 868 g/mol. The second kappa shape index (κ2) is 20.5. The van der Waals surface area contributed by atoms with Crippen LogP contribution in [0.2, 0.25) is 0 Å². The summed E-state index contributed by atoms with van der Waals surface area (Å²) in [5, 5.41) is 56.1. The standard InChI is InChI=1S/C40H52N8O12S/c1-20-27-9-8-25(50)16-23(27)17-29(42-20)36(55)47(3)21(2)33(35(54)41-19-26-18-31(51)37(60-26)48-12-10-32(52)45-40(48)59)46-34(53)28(11-13-61-4)43-39(58)44-30(38(56)57)15-22-6-5-7-24(49)14-22/h5-9,14,16,19-21,28-31,33,37,42,49-51H,10-13,15,17-18H2,1-4H3,(H,41,54)(H,46,53)(H,56,57)(H2,43,44,58)(H,45,52,59)/b26-19-/t20-,21-,28+,29-,30+,31+,33-,37+/m1/s1. The number of imide groups is 1. The van der Waals surface area contributed by atoms with Crippen molar-refractivity contribution in [2.45, 2.75) is 94.5 Å². The molecule has 5 rings (SSSR count). The van der Waals surface area contributed by atoms with Crippen molar-refractivity contribution in [3.8, 4) is 11.5 Å². The molecule has 2 aromatic rings. The molecule has 3 heterocycles. The van der Waals surface area contributed by atoms with Crippen molar-refractivity contribution in [3.05, 3.63) is 71.1 Å². The lowest BCUT2D eigenvalue weighted by Gasteiger charge is -2.37. The van der Waals surface area contributed by atoms with Gasteiger partial charge in [-0.15, -0.1) is 0 Å². The zero-order valence-electron chi connectivity index (χ0n) is 34.0. The number of aromatic hydroxyl groups is 2. The van der Waals surface area contributed by atoms with Crippen LogP contribution in [0.1, 0.15) is 55.8 Å². The van der Waals surface area contributed by atoms with E-state index in [1.54, 1.807) is 37.4 Å². The number of rotatable bonds is 16. The van der Waals surface area contributed by atoms with Gasteiger partial charge >= 0.3 is 18.0 Å². The van der Waals surface area contributed by atoms with Crippen molar-refractivity contribution in [2.24, 2.45) is 0 Å². The summed E-state index contributed by atoms with van der Waals surface area (Å²) in [6, 6.07) is 2.81. The fraction of sp³-hybridized carbons (Fsp3) is 0.475. The van der Waals surface area contributed by atoms with E-state index in [2.05, 4.69) is 31.9 Å². The van der Waals surface area contributed by atoms with Crippen molar-refractivity contribution < 1.29 is 58.7 Å². The molecular formula is C40H52N8O12S. The van der Waals surface area contributed by atoms with E-state index < -0.39 is 84.2 Å². The van der Waals surface area contributed by atoms with E-state index in [0.29, 0.717) is 11.3 Å². The molecule has 0 bridgehead atoms. The van der Waals surface area contributed by atoms with Crippen LogP contribution in [0.25, 0.3) is 0 Å². The van der Waals surface area contributed by atoms with Crippen LogP contribution in [0.5, 0.6) is 11.5 Å². The molecule has 3 aliphatic rings. The first kappa shape index (κ1) is 46.0. The SMILES string of the molecule is CSCC[C@H](NC(=O)N[C@@H](Cc1cccc(O)c1)C(=O)O)C(=O)N[C@@H](C(=O)N/C=C1/C[C@H](O)[C@@H](N2CCC(=O)NC2=O)O1)[C@@H](C)N(C)C(=O)[C@H]1Cc2cc(O)ccc2[C@@H](C)N1. The van der Waals surface area contributed by atoms with Crippen LogP contribution in [0.15, 0.2) is 54.4 Å². The first-order chi connectivity index (χ1) is 28.9. The van der Waals surface area contributed by atoms with Gasteiger partial charge < -0.3 is 51.3 Å². The number of fused-ring (bicyclic) bond motifs is 1. The molecule has 2 aromatic carbocycles. The van der Waals surface area contributed by atoms with E-state index in [9.17, 15) is 54.0 Å². The van der Waals surface area contributed by atoms with E-state index >= 15 is 0 Å². The number of hydrogen-bond acceptors (Lipinski definition) is 13. The van der Waals surface area contributed by atoms with Gasteiger partial charge in [-0.25, -0.2) is 14.4 Å². The summed E-state index contributed by atoms with van der Waals surface area (Å²) in [6.45, 7) is 3.41. The summed E-state index contributed by atoms with van der Waals surface area (Å²) in [4.78, 5) is 94.1. The van der Waals surface area contributed by atoms with E-state index in [1.165, 1.54) is 41.9 Å². The van der Waals surface area contributed by atoms with Crippen molar-refractivity contribution >= 4 is 53.4 Å². The first-order valence-electron chi connectivity index (χ1n) is 19.6. The second-order valence-corrected chi connectivity index (χ2v) is 16.1. The Bertz CT molecular complexity index is 2040. The van der Waals surface area contributed by atoms with E-state index in [-0.39, 0.29) is 61.9 Å². The minimum absolute atomic E-state index is 0.00228. The third kappa shape index (κ3) is 11.8. The van der Waals surface area contributed by atoms with Crippen LogP contribution in [-0.2, 0) is 41.6 Å². The molecule has 0 saturated carbocycles. The summed E-state index contributed by atoms with van der Waals surface area (Å²) in [5.74, 6) is -3.50. The molecule has 2 fully saturated rings. The molecule has 0 aliphatic carbocycles. The minimum Gasteiger partial charge on any atom is -0.508 e. The topological polar surface area (TPSA) is 288 Å². The second-order valence-electron chi connectivity index (χ2n) is 15.1. The molecule has 20 nitrogen and oxygen atoms in total. The average molecular weight is 869 g/mol. The number of phenolic OH excluding ortho intramolecular Hbond substituents is 2. The van der Waals surface area contributed by atoms with Gasteiger partial charge in [-0.05, 0) is 79.7 Å². The Labute approximate surface area is 355 Å². The predicted octanol–water partition coefficient (Wildman–Crippen LogP) is 0.128. The van der Waals surface area contributed by atoms with Crippen LogP contribution < -0.4 is 31.9 Å². The Morgan fingerprint density at radius 2 is 1.74 bits per heavy atom. The summed E-state index contributed by atoms with van der Waals surface area (Å²) in [7, 11) is 1.47. The fourth-order valence-corrected chi connectivity index (χ4v) is 7.82. The van der Waals surface area contributed by atoms with Gasteiger partial charge in [0.25, 0.3) is 0 Å². The molecule has 0 unspecified atom stereocenters. The molecule has 2 saturated heterocycles. The lowest BCUT2D eigenvalue weighted by molar-refractivity contribution is -0.139. The van der Waals surface area contributed by atoms with Crippen LogP contribution in [0.4, 0.5) is 9.59 Å². The Morgan fingerprint density at radius 1 is 1.02 bits per heavy atom. The summed E-state index contributed by atoms with van der Waals surface area (Å²) in [5.41, 5.74) is 2.11. The number of carboxylic acid groups (broad SMARTS) is 1. The molecule has 8 atom stereocenters. The van der Waals surface area contributed by atoms with E-state index in [4.69, 9.17) is 4.74 Å². The molecule has 21 heteroatoms. The van der Waals surface area contributed by atoms with Gasteiger partial charge in [-0.1, -0.05) is 18.2 Å². The van der Waals surface area contributed by atoms with Gasteiger partial charge in [0.05, 0.1) is 12.1 Å². The highest BCUT2D eigenvalue weighted by atomic mass is 32.2. The summed E-state index contributed by atoms with van der Waals surface area (Å²) >= 11 is 1.37. The van der Waals surface area contributed by atoms with Crippen molar-refractivity contribution in [1.82, 2.24) is 41.7 Å². The molecule has 3 aliphatic heterocycles. The Balaban J connectivity index is 1.34. The van der Waals surface area contributed by atoms with E-state index in [0.717, 1.165) is 22.2 Å². The molecule has 8 amide bonds. The maximum atomic E-state index is 14.1. The lowest BCUT2D eigenvalue weighted by atomic mass is 9.90. The smallest absolute Gasteiger partial charge is 0.327 e. The highest BCUT2D eigenvalue weighted by molar-refractivity contribution is 7.98. The van der Waals surface area contributed by atoms with Gasteiger partial charge in [0.2, 0.25) is 29.9 Å². The Hall–Kier alpha value is -6.06. The number of nitrogens with one attached hydrogen (secondary N) is 6. The van der Waals surface area contributed by atoms with Gasteiger partial charge in [0, 0.05) is 45.1 Å². The number of benzene rings is 2. The van der Waals surface area contributed by atoms with Crippen molar-refractivity contribution in [2.75, 3.05) is 25.6 Å². The minimum atomic E-state index is -1.48. The molecular weight excluding hydrogens is 817 g/mol. The van der Waals surface area contributed by atoms with Crippen LogP contribution in [-0.4, -0.2) is 140 Å². The summed E-state index contributed by atoms with van der Waals surface area (Å²) in [6.07, 6.45) is 0.576. The number of aliphatic carboxylic acids is 1. The third-order valence-electron chi connectivity index (χ3n) is 10.8. The fourth-order valence-electron chi connectivity index (χ4n) is 7.35. The molecule has 61 heavy (non-hydrogen) atoms. The number of hydrogen-bond donors (Lipinski definition) is 10. The van der Waals surface area contributed by atoms with Crippen LogP contribution >= 0.6 is 11.8 Å². The number of carboxylic acids is 1. The average Bonchev–Trinajstić information content (AvgIpc) is 3.58. The highest BCUT2D eigenvalue weighted by Crippen LogP contribution is 2.30. The van der Waals surface area contributed by atoms with Crippen molar-refractivity contribution in [3.63, 3.8) is 0 Å². The number of nitrogens with zero attached hydrogens (tertiary/aromatic N) is 2. The van der Waals surface area contributed by atoms with Gasteiger partial charge in [-0.3, -0.25) is 34.7 Å². The molecule has 0 spiro atoms. The molecule has 0 aromatic heterocycles. The number of urea groups is 2. The van der Waals surface area contributed by atoms with E-state index in [1.807, 2.05) is 6.92 Å². The summed E-state index contributed by atoms with van der Waals surface area (Å²) < 4.78 is 5.78. The van der Waals surface area contributed by atoms with Crippen LogP contribution in [0, 0.1) is 0 Å². The highest BCUT2D eigenvalue weighted by Gasteiger charge is 2.41. The quantitative estimate of drug-likeness (QED) is 0.107.